The molecule has 0 aliphatic rings. The van der Waals surface area contributed by atoms with Crippen LogP contribution >= 0.6 is 31.9 Å². The van der Waals surface area contributed by atoms with Crippen LogP contribution in [-0.4, -0.2) is 16.5 Å². The molecule has 3 nitrogen and oxygen atoms in total. The molecule has 0 aliphatic heterocycles. The van der Waals surface area contributed by atoms with E-state index >= 15 is 0 Å². The monoisotopic (exact) mass is 302 g/mol. The van der Waals surface area contributed by atoms with Gasteiger partial charge in [0.25, 0.3) is 0 Å². The van der Waals surface area contributed by atoms with Gasteiger partial charge in [0.1, 0.15) is 11.2 Å². The van der Waals surface area contributed by atoms with Crippen LogP contribution in [0, 0.1) is 0 Å². The van der Waals surface area contributed by atoms with Crippen LogP contribution in [0.15, 0.2) is 21.1 Å². The van der Waals surface area contributed by atoms with E-state index in [0.29, 0.717) is 5.69 Å². The maximum Gasteiger partial charge on any atom is 0.168 e. The number of aromatic amines is 1. The van der Waals surface area contributed by atoms with Crippen LogP contribution in [0.25, 0.3) is 10.9 Å². The number of aromatic nitrogens is 2. The number of fused-ring (bicyclic) bond motifs is 1. The number of nitrogens with zero attached hydrogens (tertiary/aromatic N) is 1. The van der Waals surface area contributed by atoms with Crippen LogP contribution in [0.1, 0.15) is 10.5 Å². The summed E-state index contributed by atoms with van der Waals surface area (Å²) in [5, 5.41) is 7.49. The van der Waals surface area contributed by atoms with Crippen molar-refractivity contribution in [3.8, 4) is 0 Å². The molecule has 66 valence electrons. The quantitative estimate of drug-likeness (QED) is 0.823. The molecule has 1 heterocycles. The van der Waals surface area contributed by atoms with Crippen LogP contribution in [0.5, 0.6) is 0 Å². The van der Waals surface area contributed by atoms with E-state index in [1.807, 2.05) is 12.1 Å². The molecule has 2 aromatic rings. The summed E-state index contributed by atoms with van der Waals surface area (Å²) in [5.74, 6) is 0. The number of rotatable bonds is 1. The number of H-pyrrole nitrogens is 1. The first-order valence-corrected chi connectivity index (χ1v) is 5.10. The highest BCUT2D eigenvalue weighted by Crippen LogP contribution is 2.30. The summed E-state index contributed by atoms with van der Waals surface area (Å²) >= 11 is 6.72. The third-order valence-corrected chi connectivity index (χ3v) is 3.05. The highest BCUT2D eigenvalue weighted by Gasteiger charge is 2.10. The molecular formula is C8H4Br2N2O. The van der Waals surface area contributed by atoms with Gasteiger partial charge in [0.2, 0.25) is 0 Å². The average molecular weight is 304 g/mol. The molecule has 2 rings (SSSR count). The van der Waals surface area contributed by atoms with Crippen LogP contribution in [0.4, 0.5) is 0 Å². The minimum Gasteiger partial charge on any atom is -0.296 e. The van der Waals surface area contributed by atoms with Crippen molar-refractivity contribution in [3.63, 3.8) is 0 Å². The lowest BCUT2D eigenvalue weighted by atomic mass is 10.2. The number of carbonyl (C=O) groups excluding carboxylic acids is 1. The molecule has 0 atom stereocenters. The summed E-state index contributed by atoms with van der Waals surface area (Å²) in [5.41, 5.74) is 1.25. The second-order valence-electron chi connectivity index (χ2n) is 2.51. The summed E-state index contributed by atoms with van der Waals surface area (Å²) in [6.45, 7) is 0. The van der Waals surface area contributed by atoms with E-state index in [2.05, 4.69) is 42.1 Å². The maximum atomic E-state index is 10.6. The van der Waals surface area contributed by atoms with E-state index in [-0.39, 0.29) is 0 Å². The third kappa shape index (κ3) is 1.32. The van der Waals surface area contributed by atoms with Crippen molar-refractivity contribution in [1.29, 1.82) is 0 Å². The number of nitrogens with one attached hydrogen (secondary N) is 1. The lowest BCUT2D eigenvalue weighted by molar-refractivity contribution is 0.112. The molecule has 13 heavy (non-hydrogen) atoms. The van der Waals surface area contributed by atoms with Gasteiger partial charge in [-0.3, -0.25) is 9.89 Å². The Bertz CT molecular complexity index is 478. The molecule has 1 N–H and O–H groups in total. The van der Waals surface area contributed by atoms with Crippen molar-refractivity contribution in [1.82, 2.24) is 10.2 Å². The molecule has 5 heteroatoms. The summed E-state index contributed by atoms with van der Waals surface area (Å²) in [4.78, 5) is 10.6. The van der Waals surface area contributed by atoms with Crippen molar-refractivity contribution < 1.29 is 4.79 Å². The van der Waals surface area contributed by atoms with Crippen molar-refractivity contribution in [2.45, 2.75) is 0 Å². The third-order valence-electron chi connectivity index (χ3n) is 1.75. The topological polar surface area (TPSA) is 45.8 Å². The van der Waals surface area contributed by atoms with Crippen molar-refractivity contribution in [3.05, 3.63) is 26.8 Å². The predicted molar refractivity (Wildman–Crippen MR) is 56.9 cm³/mol. The van der Waals surface area contributed by atoms with Gasteiger partial charge in [-0.2, -0.15) is 5.10 Å². The zero-order chi connectivity index (χ0) is 9.42. The molecule has 0 aliphatic carbocycles. The Morgan fingerprint density at radius 2 is 2.00 bits per heavy atom. The Balaban J connectivity index is 2.95. The first-order valence-electron chi connectivity index (χ1n) is 3.51. The largest absolute Gasteiger partial charge is 0.296 e. The number of hydrogen-bond acceptors (Lipinski definition) is 2. The second-order valence-corrected chi connectivity index (χ2v) is 4.22. The first kappa shape index (κ1) is 8.90. The second kappa shape index (κ2) is 3.23. The lowest BCUT2D eigenvalue weighted by Gasteiger charge is -1.95. The first-order chi connectivity index (χ1) is 6.24. The van der Waals surface area contributed by atoms with Gasteiger partial charge < -0.3 is 0 Å². The van der Waals surface area contributed by atoms with Gasteiger partial charge in [0, 0.05) is 14.3 Å². The van der Waals surface area contributed by atoms with Gasteiger partial charge in [-0.25, -0.2) is 0 Å². The summed E-state index contributed by atoms with van der Waals surface area (Å²) in [6.07, 6.45) is 0.756. The van der Waals surface area contributed by atoms with Gasteiger partial charge in [-0.15, -0.1) is 0 Å². The zero-order valence-electron chi connectivity index (χ0n) is 6.34. The number of hydrogen-bond donors (Lipinski definition) is 1. The van der Waals surface area contributed by atoms with Crippen LogP contribution < -0.4 is 0 Å². The van der Waals surface area contributed by atoms with E-state index in [4.69, 9.17) is 0 Å². The lowest BCUT2D eigenvalue weighted by Crippen LogP contribution is -1.79. The molecule has 0 bridgehead atoms. The van der Waals surface area contributed by atoms with E-state index in [9.17, 15) is 4.79 Å². The molecule has 1 aromatic carbocycles. The molecule has 0 unspecified atom stereocenters. The molecule has 0 saturated heterocycles. The van der Waals surface area contributed by atoms with Crippen LogP contribution in [0.3, 0.4) is 0 Å². The molecule has 0 amide bonds. The number of benzene rings is 1. The fraction of sp³-hybridized carbons (Fsp3) is 0. The SMILES string of the molecule is O=Cc1[nH]nc2c(Br)ccc(Br)c12. The standard InChI is InChI=1S/C8H4Br2N2O/c9-4-1-2-5(10)8-7(4)6(3-13)11-12-8/h1-3H,(H,11,12). The highest BCUT2D eigenvalue weighted by molar-refractivity contribution is 9.11. The summed E-state index contributed by atoms with van der Waals surface area (Å²) in [7, 11) is 0. The molecule has 0 saturated carbocycles. The molecule has 0 spiro atoms. The minimum absolute atomic E-state index is 0.489. The van der Waals surface area contributed by atoms with Crippen LogP contribution in [0.2, 0.25) is 0 Å². The van der Waals surface area contributed by atoms with E-state index < -0.39 is 0 Å². The van der Waals surface area contributed by atoms with Crippen molar-refractivity contribution in [2.24, 2.45) is 0 Å². The summed E-state index contributed by atoms with van der Waals surface area (Å²) < 4.78 is 1.73. The molecule has 0 fully saturated rings. The average Bonchev–Trinajstić information content (AvgIpc) is 2.56. The van der Waals surface area contributed by atoms with Crippen molar-refractivity contribution in [2.75, 3.05) is 0 Å². The van der Waals surface area contributed by atoms with Gasteiger partial charge >= 0.3 is 0 Å². The predicted octanol–water partition coefficient (Wildman–Crippen LogP) is 2.90. The highest BCUT2D eigenvalue weighted by atomic mass is 79.9. The Morgan fingerprint density at radius 3 is 2.69 bits per heavy atom. The van der Waals surface area contributed by atoms with E-state index in [0.717, 1.165) is 26.1 Å². The smallest absolute Gasteiger partial charge is 0.168 e. The Hall–Kier alpha value is -0.680. The zero-order valence-corrected chi connectivity index (χ0v) is 9.52. The number of halogens is 2. The molecular weight excluding hydrogens is 300 g/mol. The number of aldehydes is 1. The van der Waals surface area contributed by atoms with Gasteiger partial charge in [-0.05, 0) is 28.1 Å². The van der Waals surface area contributed by atoms with Gasteiger partial charge in [0.05, 0.1) is 0 Å². The minimum atomic E-state index is 0.489. The van der Waals surface area contributed by atoms with Gasteiger partial charge in [0.15, 0.2) is 6.29 Å². The number of carbonyl (C=O) groups is 1. The Labute approximate surface area is 90.8 Å². The fourth-order valence-corrected chi connectivity index (χ4v) is 2.12. The van der Waals surface area contributed by atoms with E-state index in [1.165, 1.54) is 0 Å². The van der Waals surface area contributed by atoms with E-state index in [1.54, 1.807) is 0 Å². The van der Waals surface area contributed by atoms with Crippen LogP contribution in [-0.2, 0) is 0 Å². The fourth-order valence-electron chi connectivity index (χ4n) is 1.16. The van der Waals surface area contributed by atoms with Gasteiger partial charge in [-0.1, -0.05) is 15.9 Å². The Kier molecular flexibility index (Phi) is 2.21. The molecule has 1 aromatic heterocycles. The Morgan fingerprint density at radius 1 is 1.31 bits per heavy atom. The normalized spacial score (nSPS) is 10.6. The molecule has 0 radical (unpaired) electrons. The summed E-state index contributed by atoms with van der Waals surface area (Å²) in [6, 6.07) is 3.75. The maximum absolute atomic E-state index is 10.6. The van der Waals surface area contributed by atoms with Crippen molar-refractivity contribution >= 4 is 49.0 Å².